The van der Waals surface area contributed by atoms with Crippen LogP contribution < -0.4 is 5.32 Å². The number of hydrogen-bond acceptors (Lipinski definition) is 1. The Kier molecular flexibility index (Phi) is 5.54. The van der Waals surface area contributed by atoms with Crippen LogP contribution in [-0.4, -0.2) is 5.91 Å². The molecule has 0 unspecified atom stereocenters. The summed E-state index contributed by atoms with van der Waals surface area (Å²) in [5, 5.41) is 4.53. The Morgan fingerprint density at radius 1 is 0.905 bits per heavy atom. The van der Waals surface area contributed by atoms with Crippen molar-refractivity contribution in [3.8, 4) is 0 Å². The summed E-state index contributed by atoms with van der Waals surface area (Å²) in [6.45, 7) is 0. The number of nitrogens with one attached hydrogen (secondary N) is 1. The third-order valence-electron chi connectivity index (χ3n) is 2.56. The molecule has 2 nitrogen and oxygen atoms in total. The van der Waals surface area contributed by atoms with Crippen LogP contribution in [0.25, 0.3) is 6.08 Å². The fraction of sp³-hybridized carbons (Fsp3) is 0. The van der Waals surface area contributed by atoms with Crippen molar-refractivity contribution >= 4 is 64.1 Å². The van der Waals surface area contributed by atoms with Gasteiger partial charge in [-0.05, 0) is 42.0 Å². The van der Waals surface area contributed by atoms with Gasteiger partial charge >= 0.3 is 0 Å². The largest absolute Gasteiger partial charge is 0.321 e. The molecule has 108 valence electrons. The van der Waals surface area contributed by atoms with E-state index < -0.39 is 0 Å². The van der Waals surface area contributed by atoms with Gasteiger partial charge in [0.25, 0.3) is 0 Å². The van der Waals surface area contributed by atoms with E-state index in [9.17, 15) is 4.79 Å². The minimum Gasteiger partial charge on any atom is -0.321 e. The molecule has 21 heavy (non-hydrogen) atoms. The van der Waals surface area contributed by atoms with Crippen molar-refractivity contribution in [2.24, 2.45) is 0 Å². The number of amides is 1. The fourth-order valence-corrected chi connectivity index (χ4v) is 2.38. The zero-order valence-corrected chi connectivity index (χ0v) is 13.6. The fourth-order valence-electron chi connectivity index (χ4n) is 1.57. The van der Waals surface area contributed by atoms with Crippen LogP contribution in [0.15, 0.2) is 42.5 Å². The molecule has 0 aromatic heterocycles. The molecule has 0 saturated carbocycles. The van der Waals surface area contributed by atoms with Gasteiger partial charge in [-0.15, -0.1) is 0 Å². The summed E-state index contributed by atoms with van der Waals surface area (Å²) in [6.07, 6.45) is 2.94. The molecule has 2 aromatic rings. The number of hydrogen-bond donors (Lipinski definition) is 1. The molecule has 0 spiro atoms. The molecule has 0 bridgehead atoms. The maximum absolute atomic E-state index is 11.9. The first-order chi connectivity index (χ1) is 9.95. The van der Waals surface area contributed by atoms with Crippen molar-refractivity contribution in [3.05, 3.63) is 68.1 Å². The average molecular weight is 361 g/mol. The predicted molar refractivity (Wildman–Crippen MR) is 90.6 cm³/mol. The number of benzene rings is 2. The van der Waals surface area contributed by atoms with Crippen molar-refractivity contribution in [2.45, 2.75) is 0 Å². The topological polar surface area (TPSA) is 29.1 Å². The summed E-state index contributed by atoms with van der Waals surface area (Å²) in [6, 6.07) is 9.85. The highest BCUT2D eigenvalue weighted by atomic mass is 35.5. The molecule has 0 aliphatic rings. The van der Waals surface area contributed by atoms with E-state index in [1.165, 1.54) is 6.08 Å². The monoisotopic (exact) mass is 359 g/mol. The molecule has 6 heteroatoms. The Balaban J connectivity index is 2.11. The maximum Gasteiger partial charge on any atom is 0.248 e. The van der Waals surface area contributed by atoms with Gasteiger partial charge in [-0.1, -0.05) is 52.5 Å². The lowest BCUT2D eigenvalue weighted by atomic mass is 10.2. The van der Waals surface area contributed by atoms with Crippen molar-refractivity contribution < 1.29 is 4.79 Å². The van der Waals surface area contributed by atoms with E-state index in [2.05, 4.69) is 5.32 Å². The summed E-state index contributed by atoms with van der Waals surface area (Å²) in [4.78, 5) is 11.9. The second kappa shape index (κ2) is 7.19. The van der Waals surface area contributed by atoms with Crippen LogP contribution in [0.3, 0.4) is 0 Å². The van der Waals surface area contributed by atoms with Gasteiger partial charge in [0.1, 0.15) is 0 Å². The molecule has 2 aromatic carbocycles. The van der Waals surface area contributed by atoms with Gasteiger partial charge in [0.2, 0.25) is 5.91 Å². The molecule has 0 radical (unpaired) electrons. The molecule has 1 N–H and O–H groups in total. The van der Waals surface area contributed by atoms with Crippen LogP contribution in [0.5, 0.6) is 0 Å². The summed E-state index contributed by atoms with van der Waals surface area (Å²) >= 11 is 23.6. The number of halogens is 4. The summed E-state index contributed by atoms with van der Waals surface area (Å²) < 4.78 is 0. The normalized spacial score (nSPS) is 10.9. The second-order valence-electron chi connectivity index (χ2n) is 4.11. The van der Waals surface area contributed by atoms with Crippen molar-refractivity contribution in [3.63, 3.8) is 0 Å². The Bertz CT molecular complexity index is 713. The van der Waals surface area contributed by atoms with Crippen LogP contribution in [0.2, 0.25) is 20.1 Å². The van der Waals surface area contributed by atoms with Crippen molar-refractivity contribution in [1.82, 2.24) is 0 Å². The highest BCUT2D eigenvalue weighted by Crippen LogP contribution is 2.26. The lowest BCUT2D eigenvalue weighted by Gasteiger charge is -2.05. The molecule has 0 heterocycles. The summed E-state index contributed by atoms with van der Waals surface area (Å²) in [5.74, 6) is -0.342. The molecule has 0 atom stereocenters. The van der Waals surface area contributed by atoms with Crippen LogP contribution >= 0.6 is 46.4 Å². The Morgan fingerprint density at radius 3 is 2.29 bits per heavy atom. The first-order valence-electron chi connectivity index (χ1n) is 5.85. The lowest BCUT2D eigenvalue weighted by molar-refractivity contribution is -0.111. The van der Waals surface area contributed by atoms with Gasteiger partial charge in [0.15, 0.2) is 0 Å². The van der Waals surface area contributed by atoms with E-state index in [1.54, 1.807) is 42.5 Å². The molecular weight excluding hydrogens is 352 g/mol. The van der Waals surface area contributed by atoms with Gasteiger partial charge in [0.05, 0.1) is 10.7 Å². The zero-order chi connectivity index (χ0) is 15.4. The van der Waals surface area contributed by atoms with Crippen molar-refractivity contribution in [1.29, 1.82) is 0 Å². The van der Waals surface area contributed by atoms with E-state index in [0.29, 0.717) is 31.3 Å². The second-order valence-corrected chi connectivity index (χ2v) is 5.80. The van der Waals surface area contributed by atoms with Crippen LogP contribution in [0.4, 0.5) is 5.69 Å². The number of carbonyl (C=O) groups is 1. The first kappa shape index (κ1) is 16.2. The van der Waals surface area contributed by atoms with Gasteiger partial charge in [-0.2, -0.15) is 0 Å². The van der Waals surface area contributed by atoms with Crippen molar-refractivity contribution in [2.75, 3.05) is 5.32 Å². The number of anilines is 1. The van der Waals surface area contributed by atoms with Crippen LogP contribution in [-0.2, 0) is 4.79 Å². The van der Waals surface area contributed by atoms with Gasteiger partial charge in [-0.3, -0.25) is 4.79 Å². The molecular formula is C15H9Cl4NO. The molecule has 0 aliphatic heterocycles. The molecule has 0 aliphatic carbocycles. The standard InChI is InChI=1S/C15H9Cl4NO/c16-10-3-1-9(13(19)7-10)2-6-15(21)20-14-8-11(17)4-5-12(14)18/h1-8H,(H,20,21). The molecule has 2 rings (SSSR count). The molecule has 0 saturated heterocycles. The predicted octanol–water partition coefficient (Wildman–Crippen LogP) is 5.95. The lowest BCUT2D eigenvalue weighted by Crippen LogP contribution is -2.08. The summed E-state index contributed by atoms with van der Waals surface area (Å²) in [5.41, 5.74) is 1.13. The third-order valence-corrected chi connectivity index (χ3v) is 3.69. The Labute approximate surface area is 142 Å². The Morgan fingerprint density at radius 2 is 1.57 bits per heavy atom. The van der Waals surface area contributed by atoms with E-state index in [-0.39, 0.29) is 5.91 Å². The smallest absolute Gasteiger partial charge is 0.248 e. The van der Waals surface area contributed by atoms with E-state index >= 15 is 0 Å². The third kappa shape index (κ3) is 4.65. The highest BCUT2D eigenvalue weighted by Gasteiger charge is 2.04. The number of rotatable bonds is 3. The quantitative estimate of drug-likeness (QED) is 0.673. The minimum absolute atomic E-state index is 0.342. The summed E-state index contributed by atoms with van der Waals surface area (Å²) in [7, 11) is 0. The zero-order valence-electron chi connectivity index (χ0n) is 10.5. The first-order valence-corrected chi connectivity index (χ1v) is 7.36. The Hall–Kier alpha value is -1.19. The van der Waals surface area contributed by atoms with Crippen LogP contribution in [0, 0.1) is 0 Å². The van der Waals surface area contributed by atoms with Gasteiger partial charge in [0, 0.05) is 21.1 Å². The average Bonchev–Trinajstić information content (AvgIpc) is 2.42. The van der Waals surface area contributed by atoms with E-state index in [4.69, 9.17) is 46.4 Å². The molecule has 0 fully saturated rings. The van der Waals surface area contributed by atoms with E-state index in [1.807, 2.05) is 0 Å². The van der Waals surface area contributed by atoms with Gasteiger partial charge < -0.3 is 5.32 Å². The molecule has 1 amide bonds. The maximum atomic E-state index is 11.9. The van der Waals surface area contributed by atoms with E-state index in [0.717, 1.165) is 0 Å². The van der Waals surface area contributed by atoms with Crippen LogP contribution in [0.1, 0.15) is 5.56 Å². The highest BCUT2D eigenvalue weighted by molar-refractivity contribution is 6.36. The van der Waals surface area contributed by atoms with Gasteiger partial charge in [-0.25, -0.2) is 0 Å². The minimum atomic E-state index is -0.342. The number of carbonyl (C=O) groups excluding carboxylic acids is 1. The SMILES string of the molecule is O=C(C=Cc1ccc(Cl)cc1Cl)Nc1cc(Cl)ccc1Cl.